The summed E-state index contributed by atoms with van der Waals surface area (Å²) in [5, 5.41) is 5.24. The monoisotopic (exact) mass is 758 g/mol. The molecule has 3 heterocycles. The van der Waals surface area contributed by atoms with Gasteiger partial charge in [-0.05, 0) is 83.5 Å². The fourth-order valence-corrected chi connectivity index (χ4v) is 9.92. The number of hydrazine groups is 1. The number of nitrogens with zero attached hydrogens (tertiary/aromatic N) is 5. The van der Waals surface area contributed by atoms with Gasteiger partial charge in [0.2, 0.25) is 17.1 Å². The summed E-state index contributed by atoms with van der Waals surface area (Å²) in [5.41, 5.74) is 18.1. The SMILES string of the molecule is C1=CC2=C3C=CC=C4C5=C6C(=[N+](c7ccccc7)c7cc(N(c8ccccc8)c8ccccc8)ccc7N6N(C2C=C1)C43)CC(N(c1ccccc1)c1ccccc1)=C5. The van der Waals surface area contributed by atoms with E-state index in [0.717, 1.165) is 45.5 Å². The third-order valence-corrected chi connectivity index (χ3v) is 12.3. The normalized spacial score (nSPS) is 19.5. The number of anilines is 6. The van der Waals surface area contributed by atoms with Crippen molar-refractivity contribution in [3.05, 3.63) is 252 Å². The van der Waals surface area contributed by atoms with Gasteiger partial charge in [0.15, 0.2) is 0 Å². The predicted octanol–water partition coefficient (Wildman–Crippen LogP) is 12.5. The van der Waals surface area contributed by atoms with E-state index in [1.807, 2.05) is 0 Å². The maximum Gasteiger partial charge on any atom is 0.238 e. The van der Waals surface area contributed by atoms with Crippen LogP contribution in [0.15, 0.2) is 252 Å². The van der Waals surface area contributed by atoms with Gasteiger partial charge in [0.25, 0.3) is 0 Å². The van der Waals surface area contributed by atoms with Crippen molar-refractivity contribution >= 4 is 51.2 Å². The maximum atomic E-state index is 2.65. The summed E-state index contributed by atoms with van der Waals surface area (Å²) in [5.74, 6) is 0. The fraction of sp³-hybridized carbons (Fsp3) is 0.0556. The molecule has 0 aromatic heterocycles. The summed E-state index contributed by atoms with van der Waals surface area (Å²) in [6.07, 6.45) is 19.3. The van der Waals surface area contributed by atoms with Crippen molar-refractivity contribution in [3.8, 4) is 0 Å². The van der Waals surface area contributed by atoms with Crippen LogP contribution in [0.25, 0.3) is 0 Å². The van der Waals surface area contributed by atoms with Gasteiger partial charge in [-0.2, -0.15) is 9.58 Å². The van der Waals surface area contributed by atoms with Crippen LogP contribution in [-0.2, 0) is 0 Å². The lowest BCUT2D eigenvalue weighted by Crippen LogP contribution is -2.58. The Hall–Kier alpha value is -7.47. The summed E-state index contributed by atoms with van der Waals surface area (Å²) < 4.78 is 2.54. The molecule has 0 amide bonds. The summed E-state index contributed by atoms with van der Waals surface area (Å²) >= 11 is 0. The lowest BCUT2D eigenvalue weighted by molar-refractivity contribution is 0.237. The van der Waals surface area contributed by atoms with Gasteiger partial charge in [-0.15, -0.1) is 0 Å². The highest BCUT2D eigenvalue weighted by molar-refractivity contribution is 6.14. The van der Waals surface area contributed by atoms with Gasteiger partial charge in [-0.1, -0.05) is 134 Å². The molecule has 0 saturated heterocycles. The molecule has 280 valence electrons. The van der Waals surface area contributed by atoms with E-state index in [9.17, 15) is 0 Å². The molecule has 6 aliphatic rings. The lowest BCUT2D eigenvalue weighted by Gasteiger charge is -2.50. The first kappa shape index (κ1) is 33.6. The van der Waals surface area contributed by atoms with Gasteiger partial charge < -0.3 is 9.80 Å². The Bertz CT molecular complexity index is 2820. The Kier molecular flexibility index (Phi) is 7.75. The second-order valence-electron chi connectivity index (χ2n) is 15.6. The number of para-hydroxylation sites is 5. The topological polar surface area (TPSA) is 16.0 Å². The van der Waals surface area contributed by atoms with Gasteiger partial charge in [0.1, 0.15) is 11.4 Å². The zero-order chi connectivity index (χ0) is 38.9. The Morgan fingerprint density at radius 1 is 0.542 bits per heavy atom. The molecule has 0 bridgehead atoms. The molecule has 5 heteroatoms. The molecule has 3 aliphatic carbocycles. The van der Waals surface area contributed by atoms with Gasteiger partial charge in [0.05, 0.1) is 24.2 Å². The van der Waals surface area contributed by atoms with Gasteiger partial charge in [-0.3, -0.25) is 5.01 Å². The minimum absolute atomic E-state index is 0.0610. The van der Waals surface area contributed by atoms with E-state index in [4.69, 9.17) is 0 Å². The molecule has 0 spiro atoms. The minimum atomic E-state index is 0.0610. The van der Waals surface area contributed by atoms with E-state index in [-0.39, 0.29) is 12.1 Å². The van der Waals surface area contributed by atoms with Crippen LogP contribution in [0.2, 0.25) is 0 Å². The number of fused-ring (bicyclic) bond motifs is 6. The molecule has 59 heavy (non-hydrogen) atoms. The molecule has 6 aromatic rings. The van der Waals surface area contributed by atoms with Crippen LogP contribution in [-0.4, -0.2) is 22.8 Å². The molecule has 2 atom stereocenters. The largest absolute Gasteiger partial charge is 0.314 e. The highest BCUT2D eigenvalue weighted by Gasteiger charge is 2.55. The Morgan fingerprint density at radius 2 is 1.12 bits per heavy atom. The van der Waals surface area contributed by atoms with Crippen LogP contribution in [0, 0.1) is 0 Å². The number of benzene rings is 6. The summed E-state index contributed by atoms with van der Waals surface area (Å²) in [6.45, 7) is 0. The van der Waals surface area contributed by atoms with Crippen molar-refractivity contribution in [2.45, 2.75) is 18.5 Å². The van der Waals surface area contributed by atoms with E-state index >= 15 is 0 Å². The molecule has 3 aliphatic heterocycles. The second kappa shape index (κ2) is 13.6. The number of hydrogen-bond acceptors (Lipinski definition) is 4. The van der Waals surface area contributed by atoms with Crippen LogP contribution < -0.4 is 19.4 Å². The predicted molar refractivity (Wildman–Crippen MR) is 243 cm³/mol. The lowest BCUT2D eigenvalue weighted by atomic mass is 9.81. The molecular formula is C54H40N5+. The Labute approximate surface area is 345 Å². The van der Waals surface area contributed by atoms with E-state index in [2.05, 4.69) is 243 Å². The summed E-state index contributed by atoms with van der Waals surface area (Å²) in [7, 11) is 0. The molecule has 0 radical (unpaired) electrons. The first-order valence-corrected chi connectivity index (χ1v) is 20.5. The maximum absolute atomic E-state index is 2.65. The zero-order valence-electron chi connectivity index (χ0n) is 32.4. The summed E-state index contributed by atoms with van der Waals surface area (Å²) in [6, 6.07) is 61.3. The number of rotatable bonds is 7. The van der Waals surface area contributed by atoms with Crippen molar-refractivity contribution in [1.29, 1.82) is 0 Å². The quantitative estimate of drug-likeness (QED) is 0.151. The average Bonchev–Trinajstić information content (AvgIpc) is 3.64. The van der Waals surface area contributed by atoms with Crippen LogP contribution in [0.4, 0.5) is 45.5 Å². The standard InChI is InChI=1S/C54H40N5/c1-6-19-38(20-7-1)55(39-21-8-2-9-22-39)43-33-34-50-51(36-43)57(42-27-14-5-15-28-42)52-37-44(56(40-23-10-3-11-24-40)41-25-12-4-13-26-41)35-48-47-31-18-30-46-45-29-16-17-32-49(45)58(53(46)47)59(50)54(48)52/h1-36,49,53H,37H2/q+1. The number of allylic oxidation sites excluding steroid dienone is 7. The van der Waals surface area contributed by atoms with Gasteiger partial charge >= 0.3 is 0 Å². The van der Waals surface area contributed by atoms with Gasteiger partial charge in [-0.25, -0.2) is 0 Å². The van der Waals surface area contributed by atoms with E-state index in [1.165, 1.54) is 39.4 Å². The summed E-state index contributed by atoms with van der Waals surface area (Å²) in [4.78, 5) is 4.82. The van der Waals surface area contributed by atoms with E-state index in [0.29, 0.717) is 6.42 Å². The Balaban J connectivity index is 1.16. The van der Waals surface area contributed by atoms with Crippen molar-refractivity contribution in [1.82, 2.24) is 9.58 Å². The van der Waals surface area contributed by atoms with Crippen LogP contribution in [0.1, 0.15) is 6.42 Å². The van der Waals surface area contributed by atoms with Crippen LogP contribution in [0.3, 0.4) is 0 Å². The second-order valence-corrected chi connectivity index (χ2v) is 15.6. The minimum Gasteiger partial charge on any atom is -0.314 e. The van der Waals surface area contributed by atoms with E-state index < -0.39 is 0 Å². The first-order chi connectivity index (χ1) is 29.3. The molecular weight excluding hydrogens is 719 g/mol. The average molecular weight is 759 g/mol. The molecule has 12 rings (SSSR count). The first-order valence-electron chi connectivity index (χ1n) is 20.5. The highest BCUT2D eigenvalue weighted by Crippen LogP contribution is 2.55. The zero-order valence-corrected chi connectivity index (χ0v) is 32.4. The van der Waals surface area contributed by atoms with E-state index in [1.54, 1.807) is 0 Å². The van der Waals surface area contributed by atoms with Crippen molar-refractivity contribution in [2.75, 3.05) is 14.8 Å². The molecule has 0 N–H and O–H groups in total. The van der Waals surface area contributed by atoms with Crippen molar-refractivity contribution < 1.29 is 0 Å². The van der Waals surface area contributed by atoms with Crippen molar-refractivity contribution in [3.63, 3.8) is 0 Å². The molecule has 5 nitrogen and oxygen atoms in total. The molecule has 2 unspecified atom stereocenters. The fourth-order valence-electron chi connectivity index (χ4n) is 9.92. The third kappa shape index (κ3) is 5.25. The van der Waals surface area contributed by atoms with Gasteiger partial charge in [0, 0.05) is 52.2 Å². The van der Waals surface area contributed by atoms with Crippen LogP contribution in [0.5, 0.6) is 0 Å². The number of hydrogen-bond donors (Lipinski definition) is 0. The molecule has 0 fully saturated rings. The van der Waals surface area contributed by atoms with Crippen molar-refractivity contribution in [2.24, 2.45) is 0 Å². The smallest absolute Gasteiger partial charge is 0.238 e. The molecule has 6 aromatic carbocycles. The third-order valence-electron chi connectivity index (χ3n) is 12.3. The Morgan fingerprint density at radius 3 is 1.75 bits per heavy atom. The highest BCUT2D eigenvalue weighted by atomic mass is 15.7. The molecule has 0 saturated carbocycles. The van der Waals surface area contributed by atoms with Crippen LogP contribution >= 0.6 is 0 Å².